The van der Waals surface area contributed by atoms with Crippen LogP contribution in [0.15, 0.2) is 24.3 Å². The molecule has 0 fully saturated rings. The Hall–Kier alpha value is -2.50. The molecule has 1 amide bonds. The van der Waals surface area contributed by atoms with Crippen LogP contribution >= 0.6 is 0 Å². The number of benzene rings is 1. The number of rotatable bonds is 2. The van der Waals surface area contributed by atoms with Gasteiger partial charge in [-0.1, -0.05) is 18.2 Å². The Kier molecular flexibility index (Phi) is 3.16. The minimum Gasteiger partial charge on any atom is -0.481 e. The largest absolute Gasteiger partial charge is 0.481 e. The van der Waals surface area contributed by atoms with Crippen molar-refractivity contribution >= 4 is 22.9 Å². The molecule has 0 radical (unpaired) electrons. The third kappa shape index (κ3) is 1.91. The maximum Gasteiger partial charge on any atom is 0.341 e. The summed E-state index contributed by atoms with van der Waals surface area (Å²) >= 11 is 0. The van der Waals surface area contributed by atoms with Gasteiger partial charge in [-0.15, -0.1) is 0 Å². The number of fused-ring (bicyclic) bond motifs is 1. The topological polar surface area (TPSA) is 71.8 Å². The molecule has 2 rings (SSSR count). The zero-order chi connectivity index (χ0) is 14.2. The van der Waals surface area contributed by atoms with E-state index in [1.54, 1.807) is 38.4 Å². The van der Waals surface area contributed by atoms with Crippen LogP contribution in [0.4, 0.5) is 4.79 Å². The van der Waals surface area contributed by atoms with E-state index in [-0.39, 0.29) is 17.5 Å². The average molecular weight is 262 g/mol. The zero-order valence-corrected chi connectivity index (χ0v) is 10.9. The highest BCUT2D eigenvalue weighted by atomic mass is 16.5. The number of amides is 1. The first-order chi connectivity index (χ1) is 8.99. The SMILES string of the molecule is COc1c(C(=O)O)c2ccccc2n1C(=O)N(C)C. The summed E-state index contributed by atoms with van der Waals surface area (Å²) in [6.45, 7) is 0. The summed E-state index contributed by atoms with van der Waals surface area (Å²) in [6, 6.07) is 6.44. The maximum atomic E-state index is 12.2. The van der Waals surface area contributed by atoms with Gasteiger partial charge in [-0.05, 0) is 6.07 Å². The summed E-state index contributed by atoms with van der Waals surface area (Å²) in [7, 11) is 4.54. The Morgan fingerprint density at radius 2 is 1.89 bits per heavy atom. The highest BCUT2D eigenvalue weighted by molar-refractivity contribution is 6.09. The fraction of sp³-hybridized carbons (Fsp3) is 0.231. The van der Waals surface area contributed by atoms with Gasteiger partial charge >= 0.3 is 12.0 Å². The molecule has 1 aromatic carbocycles. The van der Waals surface area contributed by atoms with E-state index in [1.165, 1.54) is 16.6 Å². The van der Waals surface area contributed by atoms with E-state index in [9.17, 15) is 14.7 Å². The molecular formula is C13H14N2O4. The van der Waals surface area contributed by atoms with Crippen LogP contribution in [0.25, 0.3) is 10.9 Å². The van der Waals surface area contributed by atoms with E-state index in [2.05, 4.69) is 0 Å². The quantitative estimate of drug-likeness (QED) is 0.896. The van der Waals surface area contributed by atoms with Crippen molar-refractivity contribution in [2.45, 2.75) is 0 Å². The van der Waals surface area contributed by atoms with E-state index >= 15 is 0 Å². The van der Waals surface area contributed by atoms with Crippen molar-refractivity contribution in [3.05, 3.63) is 29.8 Å². The first-order valence-electron chi connectivity index (χ1n) is 5.61. The molecule has 2 aromatic rings. The monoisotopic (exact) mass is 262 g/mol. The van der Waals surface area contributed by atoms with Gasteiger partial charge < -0.3 is 14.7 Å². The number of methoxy groups -OCH3 is 1. The molecule has 0 spiro atoms. The van der Waals surface area contributed by atoms with Crippen molar-refractivity contribution < 1.29 is 19.4 Å². The number of carbonyl (C=O) groups is 2. The molecule has 1 aromatic heterocycles. The van der Waals surface area contributed by atoms with Gasteiger partial charge in [0.25, 0.3) is 0 Å². The molecule has 0 aliphatic rings. The number of aromatic nitrogens is 1. The van der Waals surface area contributed by atoms with Gasteiger partial charge in [-0.25, -0.2) is 14.2 Å². The van der Waals surface area contributed by atoms with Gasteiger partial charge in [0.1, 0.15) is 5.56 Å². The normalized spacial score (nSPS) is 10.5. The lowest BCUT2D eigenvalue weighted by Crippen LogP contribution is -2.27. The number of carboxylic acid groups (broad SMARTS) is 1. The second-order valence-electron chi connectivity index (χ2n) is 4.22. The second kappa shape index (κ2) is 4.64. The number of hydrogen-bond acceptors (Lipinski definition) is 3. The van der Waals surface area contributed by atoms with Crippen molar-refractivity contribution in [1.29, 1.82) is 0 Å². The number of carboxylic acids is 1. The van der Waals surface area contributed by atoms with E-state index in [0.717, 1.165) is 0 Å². The Morgan fingerprint density at radius 1 is 1.26 bits per heavy atom. The molecule has 19 heavy (non-hydrogen) atoms. The van der Waals surface area contributed by atoms with Crippen LogP contribution in [0, 0.1) is 0 Å². The second-order valence-corrected chi connectivity index (χ2v) is 4.22. The number of aromatic carboxylic acids is 1. The Balaban J connectivity index is 2.89. The first kappa shape index (κ1) is 12.9. The minimum atomic E-state index is -1.13. The Bertz CT molecular complexity index is 658. The van der Waals surface area contributed by atoms with Crippen LogP contribution in [-0.2, 0) is 0 Å². The number of para-hydroxylation sites is 1. The lowest BCUT2D eigenvalue weighted by Gasteiger charge is -2.14. The number of hydrogen-bond donors (Lipinski definition) is 1. The summed E-state index contributed by atoms with van der Waals surface area (Å²) in [5.74, 6) is -1.09. The van der Waals surface area contributed by atoms with E-state index in [0.29, 0.717) is 10.9 Å². The molecular weight excluding hydrogens is 248 g/mol. The van der Waals surface area contributed by atoms with Crippen molar-refractivity contribution in [3.63, 3.8) is 0 Å². The lowest BCUT2D eigenvalue weighted by atomic mass is 10.2. The van der Waals surface area contributed by atoms with Crippen LogP contribution < -0.4 is 4.74 Å². The van der Waals surface area contributed by atoms with Crippen molar-refractivity contribution in [3.8, 4) is 5.88 Å². The van der Waals surface area contributed by atoms with Crippen LogP contribution in [0.1, 0.15) is 10.4 Å². The van der Waals surface area contributed by atoms with Crippen LogP contribution in [-0.4, -0.2) is 47.8 Å². The van der Waals surface area contributed by atoms with Gasteiger partial charge in [-0.3, -0.25) is 0 Å². The van der Waals surface area contributed by atoms with E-state index in [4.69, 9.17) is 4.74 Å². The molecule has 100 valence electrons. The molecule has 1 heterocycles. The molecule has 6 nitrogen and oxygen atoms in total. The van der Waals surface area contributed by atoms with E-state index in [1.807, 2.05) is 0 Å². The Labute approximate surface area is 109 Å². The highest BCUT2D eigenvalue weighted by Crippen LogP contribution is 2.32. The summed E-state index contributed by atoms with van der Waals surface area (Å²) in [5, 5.41) is 9.78. The van der Waals surface area contributed by atoms with Crippen LogP contribution in [0.3, 0.4) is 0 Å². The molecule has 6 heteroatoms. The molecule has 0 unspecified atom stereocenters. The highest BCUT2D eigenvalue weighted by Gasteiger charge is 2.26. The third-order valence-electron chi connectivity index (χ3n) is 2.81. The summed E-state index contributed by atoms with van der Waals surface area (Å²) < 4.78 is 6.39. The number of carbonyl (C=O) groups excluding carboxylic acids is 1. The minimum absolute atomic E-state index is 0.00620. The molecule has 0 atom stereocenters. The first-order valence-corrected chi connectivity index (χ1v) is 5.61. The van der Waals surface area contributed by atoms with Crippen molar-refractivity contribution in [2.75, 3.05) is 21.2 Å². The Morgan fingerprint density at radius 3 is 2.42 bits per heavy atom. The van der Waals surface area contributed by atoms with Gasteiger partial charge in [-0.2, -0.15) is 0 Å². The number of nitrogens with zero attached hydrogens (tertiary/aromatic N) is 2. The fourth-order valence-corrected chi connectivity index (χ4v) is 2.01. The van der Waals surface area contributed by atoms with Gasteiger partial charge in [0.2, 0.25) is 5.88 Å². The zero-order valence-electron chi connectivity index (χ0n) is 10.9. The van der Waals surface area contributed by atoms with Gasteiger partial charge in [0.05, 0.1) is 12.6 Å². The molecule has 1 N–H and O–H groups in total. The molecule has 0 aliphatic heterocycles. The third-order valence-corrected chi connectivity index (χ3v) is 2.81. The maximum absolute atomic E-state index is 12.2. The van der Waals surface area contributed by atoms with Crippen molar-refractivity contribution in [1.82, 2.24) is 9.47 Å². The van der Waals surface area contributed by atoms with E-state index < -0.39 is 5.97 Å². The standard InChI is InChI=1S/C13H14N2O4/c1-14(2)13(18)15-9-7-5-4-6-8(9)10(12(16)17)11(15)19-3/h4-7H,1-3H3,(H,16,17). The van der Waals surface area contributed by atoms with Gasteiger partial charge in [0, 0.05) is 19.5 Å². The van der Waals surface area contributed by atoms with Crippen LogP contribution in [0.2, 0.25) is 0 Å². The summed E-state index contributed by atoms with van der Waals surface area (Å²) in [5.41, 5.74) is 0.503. The fourth-order valence-electron chi connectivity index (χ4n) is 2.01. The summed E-state index contributed by atoms with van der Waals surface area (Å²) in [4.78, 5) is 24.9. The predicted molar refractivity (Wildman–Crippen MR) is 69.9 cm³/mol. The van der Waals surface area contributed by atoms with Crippen LogP contribution in [0.5, 0.6) is 5.88 Å². The molecule has 0 aliphatic carbocycles. The molecule has 0 saturated heterocycles. The summed E-state index contributed by atoms with van der Waals surface area (Å²) in [6.07, 6.45) is 0. The molecule has 0 saturated carbocycles. The van der Waals surface area contributed by atoms with Crippen molar-refractivity contribution in [2.24, 2.45) is 0 Å². The number of ether oxygens (including phenoxy) is 1. The average Bonchev–Trinajstić information content (AvgIpc) is 2.71. The van der Waals surface area contributed by atoms with Gasteiger partial charge in [0.15, 0.2) is 0 Å². The smallest absolute Gasteiger partial charge is 0.341 e. The molecule has 0 bridgehead atoms. The predicted octanol–water partition coefficient (Wildman–Crippen LogP) is 1.88. The lowest BCUT2D eigenvalue weighted by molar-refractivity contribution is 0.0695.